The molecule has 0 fully saturated rings. The number of thiophene rings is 1. The van der Waals surface area contributed by atoms with Gasteiger partial charge in [-0.25, -0.2) is 9.48 Å². The standard InChI is InChI=1S/C11H13N3O2S/c1-3-7(2)14-10(8-5-4-6-17-8)9(11(15)16)12-13-14/h4-7H,3H2,1-2H3,(H,15,16). The summed E-state index contributed by atoms with van der Waals surface area (Å²) in [5.41, 5.74) is 0.620. The van der Waals surface area contributed by atoms with Crippen molar-refractivity contribution in [3.63, 3.8) is 0 Å². The van der Waals surface area contributed by atoms with Crippen molar-refractivity contribution in [1.82, 2.24) is 15.0 Å². The summed E-state index contributed by atoms with van der Waals surface area (Å²) in [7, 11) is 0. The van der Waals surface area contributed by atoms with Crippen LogP contribution < -0.4 is 0 Å². The van der Waals surface area contributed by atoms with E-state index in [-0.39, 0.29) is 11.7 Å². The van der Waals surface area contributed by atoms with Crippen LogP contribution in [0.5, 0.6) is 0 Å². The molecule has 5 nitrogen and oxygen atoms in total. The number of carboxylic acids is 1. The first-order chi connectivity index (χ1) is 8.15. The molecule has 2 rings (SSSR count). The minimum absolute atomic E-state index is 0.0211. The smallest absolute Gasteiger partial charge is 0.358 e. The molecule has 0 aliphatic rings. The minimum Gasteiger partial charge on any atom is -0.476 e. The Bertz CT molecular complexity index is 519. The van der Waals surface area contributed by atoms with Crippen LogP contribution in [0.2, 0.25) is 0 Å². The fourth-order valence-electron chi connectivity index (χ4n) is 1.56. The topological polar surface area (TPSA) is 68.0 Å². The lowest BCUT2D eigenvalue weighted by Crippen LogP contribution is -2.08. The molecule has 0 aliphatic heterocycles. The molecule has 2 aromatic heterocycles. The molecule has 0 radical (unpaired) electrons. The van der Waals surface area contributed by atoms with Gasteiger partial charge in [-0.3, -0.25) is 0 Å². The Morgan fingerprint density at radius 3 is 2.94 bits per heavy atom. The Kier molecular flexibility index (Phi) is 3.23. The van der Waals surface area contributed by atoms with E-state index in [4.69, 9.17) is 5.11 Å². The summed E-state index contributed by atoms with van der Waals surface area (Å²) in [6.45, 7) is 4.03. The highest BCUT2D eigenvalue weighted by molar-refractivity contribution is 7.13. The SMILES string of the molecule is CCC(C)n1nnc(C(=O)O)c1-c1cccs1. The molecule has 17 heavy (non-hydrogen) atoms. The molecular formula is C11H13N3O2S. The van der Waals surface area contributed by atoms with E-state index in [2.05, 4.69) is 10.3 Å². The summed E-state index contributed by atoms with van der Waals surface area (Å²) >= 11 is 1.49. The van der Waals surface area contributed by atoms with Crippen LogP contribution in [0.1, 0.15) is 36.8 Å². The Hall–Kier alpha value is -1.69. The maximum Gasteiger partial charge on any atom is 0.358 e. The molecule has 0 spiro atoms. The van der Waals surface area contributed by atoms with Crippen LogP contribution in [-0.4, -0.2) is 26.1 Å². The number of hydrogen-bond donors (Lipinski definition) is 1. The van der Waals surface area contributed by atoms with Crippen LogP contribution in [0.25, 0.3) is 10.6 Å². The minimum atomic E-state index is -1.04. The van der Waals surface area contributed by atoms with E-state index in [9.17, 15) is 4.79 Å². The number of aromatic carboxylic acids is 1. The molecule has 0 aromatic carbocycles. The summed E-state index contributed by atoms with van der Waals surface area (Å²) < 4.78 is 1.69. The summed E-state index contributed by atoms with van der Waals surface area (Å²) in [4.78, 5) is 12.0. The monoisotopic (exact) mass is 251 g/mol. The van der Waals surface area contributed by atoms with Crippen molar-refractivity contribution in [3.05, 3.63) is 23.2 Å². The normalized spacial score (nSPS) is 12.6. The highest BCUT2D eigenvalue weighted by Crippen LogP contribution is 2.29. The molecular weight excluding hydrogens is 238 g/mol. The Morgan fingerprint density at radius 2 is 2.41 bits per heavy atom. The van der Waals surface area contributed by atoms with Gasteiger partial charge >= 0.3 is 5.97 Å². The maximum absolute atomic E-state index is 11.1. The first-order valence-electron chi connectivity index (χ1n) is 5.37. The van der Waals surface area contributed by atoms with E-state index in [1.807, 2.05) is 31.4 Å². The van der Waals surface area contributed by atoms with Gasteiger partial charge in [0.2, 0.25) is 0 Å². The molecule has 0 aliphatic carbocycles. The molecule has 2 heterocycles. The summed E-state index contributed by atoms with van der Waals surface area (Å²) in [5.74, 6) is -1.04. The van der Waals surface area contributed by atoms with Gasteiger partial charge in [-0.1, -0.05) is 18.2 Å². The van der Waals surface area contributed by atoms with Crippen molar-refractivity contribution >= 4 is 17.3 Å². The average Bonchev–Trinajstić information content (AvgIpc) is 2.95. The molecule has 0 saturated carbocycles. The average molecular weight is 251 g/mol. The predicted molar refractivity (Wildman–Crippen MR) is 65.3 cm³/mol. The van der Waals surface area contributed by atoms with Gasteiger partial charge in [-0.15, -0.1) is 16.4 Å². The Balaban J connectivity index is 2.59. The van der Waals surface area contributed by atoms with E-state index in [0.29, 0.717) is 5.69 Å². The highest BCUT2D eigenvalue weighted by atomic mass is 32.1. The highest BCUT2D eigenvalue weighted by Gasteiger charge is 2.23. The van der Waals surface area contributed by atoms with Gasteiger partial charge in [0.15, 0.2) is 5.69 Å². The van der Waals surface area contributed by atoms with E-state index >= 15 is 0 Å². The zero-order valence-corrected chi connectivity index (χ0v) is 10.4. The molecule has 2 aromatic rings. The molecule has 0 amide bonds. The van der Waals surface area contributed by atoms with Crippen molar-refractivity contribution in [2.24, 2.45) is 0 Å². The van der Waals surface area contributed by atoms with E-state index in [1.54, 1.807) is 4.68 Å². The molecule has 0 bridgehead atoms. The van der Waals surface area contributed by atoms with Crippen molar-refractivity contribution in [1.29, 1.82) is 0 Å². The first kappa shape index (κ1) is 11.8. The lowest BCUT2D eigenvalue weighted by molar-refractivity contribution is 0.0691. The first-order valence-corrected chi connectivity index (χ1v) is 6.25. The molecule has 1 N–H and O–H groups in total. The van der Waals surface area contributed by atoms with Crippen molar-refractivity contribution in [3.8, 4) is 10.6 Å². The van der Waals surface area contributed by atoms with Gasteiger partial charge in [0.1, 0.15) is 5.69 Å². The van der Waals surface area contributed by atoms with Gasteiger partial charge in [0, 0.05) is 0 Å². The van der Waals surface area contributed by atoms with Gasteiger partial charge in [-0.2, -0.15) is 0 Å². The Labute approximate surface area is 103 Å². The molecule has 90 valence electrons. The second kappa shape index (κ2) is 4.67. The quantitative estimate of drug-likeness (QED) is 0.907. The van der Waals surface area contributed by atoms with Gasteiger partial charge in [-0.05, 0) is 24.8 Å². The third-order valence-corrected chi connectivity index (χ3v) is 3.54. The molecule has 1 atom stereocenters. The third-order valence-electron chi connectivity index (χ3n) is 2.66. The molecule has 1 unspecified atom stereocenters. The maximum atomic E-state index is 11.1. The summed E-state index contributed by atoms with van der Waals surface area (Å²) in [6, 6.07) is 3.90. The van der Waals surface area contributed by atoms with E-state index in [1.165, 1.54) is 11.3 Å². The largest absolute Gasteiger partial charge is 0.476 e. The Morgan fingerprint density at radius 1 is 1.65 bits per heavy atom. The van der Waals surface area contributed by atoms with Gasteiger partial charge < -0.3 is 5.11 Å². The van der Waals surface area contributed by atoms with Gasteiger partial charge in [0.05, 0.1) is 10.9 Å². The van der Waals surface area contributed by atoms with E-state index < -0.39 is 5.97 Å². The van der Waals surface area contributed by atoms with Crippen LogP contribution in [0.4, 0.5) is 0 Å². The van der Waals surface area contributed by atoms with Crippen molar-refractivity contribution in [2.45, 2.75) is 26.3 Å². The zero-order chi connectivity index (χ0) is 12.4. The number of carboxylic acid groups (broad SMARTS) is 1. The second-order valence-electron chi connectivity index (χ2n) is 3.77. The number of aromatic nitrogens is 3. The van der Waals surface area contributed by atoms with Crippen molar-refractivity contribution < 1.29 is 9.90 Å². The van der Waals surface area contributed by atoms with Crippen LogP contribution in [0.3, 0.4) is 0 Å². The fourth-order valence-corrected chi connectivity index (χ4v) is 2.32. The second-order valence-corrected chi connectivity index (χ2v) is 4.72. The number of nitrogens with zero attached hydrogens (tertiary/aromatic N) is 3. The number of rotatable bonds is 4. The van der Waals surface area contributed by atoms with Crippen LogP contribution >= 0.6 is 11.3 Å². The van der Waals surface area contributed by atoms with Gasteiger partial charge in [0.25, 0.3) is 0 Å². The van der Waals surface area contributed by atoms with E-state index in [0.717, 1.165) is 11.3 Å². The number of carbonyl (C=O) groups is 1. The third kappa shape index (κ3) is 2.08. The molecule has 0 saturated heterocycles. The summed E-state index contributed by atoms with van der Waals surface area (Å²) in [5, 5.41) is 18.8. The fraction of sp³-hybridized carbons (Fsp3) is 0.364. The predicted octanol–water partition coefficient (Wildman–Crippen LogP) is 2.68. The summed E-state index contributed by atoms with van der Waals surface area (Å²) in [6.07, 6.45) is 0.876. The zero-order valence-electron chi connectivity index (χ0n) is 9.62. The number of hydrogen-bond acceptors (Lipinski definition) is 4. The lowest BCUT2D eigenvalue weighted by atomic mass is 10.2. The molecule has 6 heteroatoms. The lowest BCUT2D eigenvalue weighted by Gasteiger charge is -2.11. The van der Waals surface area contributed by atoms with Crippen molar-refractivity contribution in [2.75, 3.05) is 0 Å². The van der Waals surface area contributed by atoms with Crippen LogP contribution in [0, 0.1) is 0 Å². The van der Waals surface area contributed by atoms with Crippen LogP contribution in [-0.2, 0) is 0 Å². The van der Waals surface area contributed by atoms with Crippen LogP contribution in [0.15, 0.2) is 17.5 Å².